The highest BCUT2D eigenvalue weighted by atomic mass is 32.1. The lowest BCUT2D eigenvalue weighted by Crippen LogP contribution is -2.38. The van der Waals surface area contributed by atoms with E-state index in [1.807, 2.05) is 12.1 Å². The highest BCUT2D eigenvalue weighted by Gasteiger charge is 2.20. The fourth-order valence-corrected chi connectivity index (χ4v) is 5.05. The second-order valence-electron chi connectivity index (χ2n) is 8.13. The molecule has 4 heterocycles. The van der Waals surface area contributed by atoms with Gasteiger partial charge < -0.3 is 24.3 Å². The molecule has 0 spiro atoms. The Balaban J connectivity index is 1.27. The van der Waals surface area contributed by atoms with Crippen molar-refractivity contribution in [3.63, 3.8) is 0 Å². The molecule has 2 aromatic carbocycles. The Bertz CT molecular complexity index is 1620. The zero-order chi connectivity index (χ0) is 24.1. The average Bonchev–Trinajstić information content (AvgIpc) is 3.62. The van der Waals surface area contributed by atoms with Gasteiger partial charge in [-0.05, 0) is 42.3 Å². The SMILES string of the molecule is Cc1c(=O)n(Cc2ccc3c(c2)OCO3)c(=O)n2cc(C(=O)NCc3ccc4c(c3)OCO4)sc12. The topological polar surface area (TPSA) is 110 Å². The summed E-state index contributed by atoms with van der Waals surface area (Å²) in [7, 11) is 0. The summed E-state index contributed by atoms with van der Waals surface area (Å²) < 4.78 is 23.9. The van der Waals surface area contributed by atoms with Crippen molar-refractivity contribution in [3.8, 4) is 23.0 Å². The van der Waals surface area contributed by atoms with Crippen LogP contribution in [0.3, 0.4) is 0 Å². The Morgan fingerprint density at radius 1 is 0.943 bits per heavy atom. The van der Waals surface area contributed by atoms with Crippen molar-refractivity contribution < 1.29 is 23.7 Å². The fraction of sp³-hybridized carbons (Fsp3) is 0.208. The van der Waals surface area contributed by atoms with E-state index in [0.717, 1.165) is 27.0 Å². The van der Waals surface area contributed by atoms with Crippen LogP contribution in [0.4, 0.5) is 0 Å². The minimum absolute atomic E-state index is 0.0690. The molecule has 0 bridgehead atoms. The van der Waals surface area contributed by atoms with E-state index >= 15 is 0 Å². The monoisotopic (exact) mass is 493 g/mol. The number of aryl methyl sites for hydroxylation is 1. The van der Waals surface area contributed by atoms with E-state index in [1.54, 1.807) is 31.2 Å². The van der Waals surface area contributed by atoms with Crippen molar-refractivity contribution in [1.82, 2.24) is 14.3 Å². The van der Waals surface area contributed by atoms with Crippen molar-refractivity contribution in [1.29, 1.82) is 0 Å². The number of carbonyl (C=O) groups excluding carboxylic acids is 1. The van der Waals surface area contributed by atoms with Gasteiger partial charge in [-0.2, -0.15) is 0 Å². The lowest BCUT2D eigenvalue weighted by molar-refractivity contribution is 0.0954. The predicted octanol–water partition coefficient (Wildman–Crippen LogP) is 2.27. The van der Waals surface area contributed by atoms with Gasteiger partial charge in [0.05, 0.1) is 6.54 Å². The number of nitrogens with zero attached hydrogens (tertiary/aromatic N) is 2. The van der Waals surface area contributed by atoms with E-state index in [1.165, 1.54) is 10.6 Å². The van der Waals surface area contributed by atoms with Crippen LogP contribution in [0.1, 0.15) is 26.4 Å². The van der Waals surface area contributed by atoms with Gasteiger partial charge in [0.1, 0.15) is 9.71 Å². The molecule has 0 saturated carbocycles. The summed E-state index contributed by atoms with van der Waals surface area (Å²) in [6.45, 7) is 2.31. The number of fused-ring (bicyclic) bond motifs is 3. The van der Waals surface area contributed by atoms with Crippen LogP contribution in [-0.2, 0) is 13.1 Å². The van der Waals surface area contributed by atoms with Gasteiger partial charge in [0, 0.05) is 18.3 Å². The van der Waals surface area contributed by atoms with Crippen LogP contribution in [0.5, 0.6) is 23.0 Å². The van der Waals surface area contributed by atoms with Gasteiger partial charge in [-0.3, -0.25) is 18.6 Å². The summed E-state index contributed by atoms with van der Waals surface area (Å²) in [5.41, 5.74) is 1.05. The summed E-state index contributed by atoms with van der Waals surface area (Å²) in [5.74, 6) is 2.16. The number of ether oxygens (including phenoxy) is 4. The molecule has 2 aliphatic rings. The van der Waals surface area contributed by atoms with Crippen LogP contribution in [0, 0.1) is 6.92 Å². The average molecular weight is 493 g/mol. The molecule has 0 radical (unpaired) electrons. The van der Waals surface area contributed by atoms with E-state index in [2.05, 4.69) is 5.32 Å². The van der Waals surface area contributed by atoms with Gasteiger partial charge >= 0.3 is 5.69 Å². The Morgan fingerprint density at radius 2 is 1.57 bits per heavy atom. The van der Waals surface area contributed by atoms with Gasteiger partial charge in [0.2, 0.25) is 13.6 Å². The van der Waals surface area contributed by atoms with Gasteiger partial charge in [0.15, 0.2) is 23.0 Å². The first-order valence-electron chi connectivity index (χ1n) is 10.8. The van der Waals surface area contributed by atoms with Crippen molar-refractivity contribution in [2.45, 2.75) is 20.0 Å². The maximum atomic E-state index is 13.2. The predicted molar refractivity (Wildman–Crippen MR) is 126 cm³/mol. The molecule has 1 amide bonds. The minimum Gasteiger partial charge on any atom is -0.454 e. The summed E-state index contributed by atoms with van der Waals surface area (Å²) >= 11 is 1.10. The second kappa shape index (κ2) is 8.20. The quantitative estimate of drug-likeness (QED) is 0.454. The van der Waals surface area contributed by atoms with Gasteiger partial charge in [-0.15, -0.1) is 11.3 Å². The van der Waals surface area contributed by atoms with Crippen LogP contribution < -0.4 is 35.5 Å². The molecule has 1 N–H and O–H groups in total. The third-order valence-corrected chi connectivity index (χ3v) is 7.09. The molecule has 4 aromatic rings. The van der Waals surface area contributed by atoms with Gasteiger partial charge in [0.25, 0.3) is 11.5 Å². The van der Waals surface area contributed by atoms with Crippen molar-refractivity contribution in [2.24, 2.45) is 0 Å². The van der Waals surface area contributed by atoms with Crippen LogP contribution in [0.15, 0.2) is 52.2 Å². The van der Waals surface area contributed by atoms with Crippen LogP contribution in [0.2, 0.25) is 0 Å². The van der Waals surface area contributed by atoms with Crippen LogP contribution in [0.25, 0.3) is 4.83 Å². The lowest BCUT2D eigenvalue weighted by atomic mass is 10.2. The summed E-state index contributed by atoms with van der Waals surface area (Å²) in [5, 5.41) is 2.85. The number of rotatable bonds is 5. The first-order chi connectivity index (χ1) is 17.0. The molecule has 2 aliphatic heterocycles. The van der Waals surface area contributed by atoms with E-state index < -0.39 is 11.2 Å². The Hall–Kier alpha value is -4.25. The molecule has 0 aliphatic carbocycles. The minimum atomic E-state index is -0.515. The third-order valence-electron chi connectivity index (χ3n) is 5.89. The lowest BCUT2D eigenvalue weighted by Gasteiger charge is -2.08. The molecule has 2 aromatic heterocycles. The normalized spacial score (nSPS) is 13.4. The van der Waals surface area contributed by atoms with Crippen LogP contribution in [-0.4, -0.2) is 28.5 Å². The van der Waals surface area contributed by atoms with E-state index in [-0.39, 0.29) is 32.6 Å². The van der Waals surface area contributed by atoms with Gasteiger partial charge in [-0.1, -0.05) is 12.1 Å². The molecule has 178 valence electrons. The smallest absolute Gasteiger partial charge is 0.336 e. The molecule has 11 heteroatoms. The number of benzene rings is 2. The molecular weight excluding hydrogens is 474 g/mol. The van der Waals surface area contributed by atoms with Crippen LogP contribution >= 0.6 is 11.3 Å². The molecular formula is C24H19N3O7S. The zero-order valence-electron chi connectivity index (χ0n) is 18.5. The second-order valence-corrected chi connectivity index (χ2v) is 9.16. The number of hydrogen-bond donors (Lipinski definition) is 1. The molecule has 35 heavy (non-hydrogen) atoms. The summed E-state index contributed by atoms with van der Waals surface area (Å²) in [6.07, 6.45) is 1.47. The number of aromatic nitrogens is 2. The van der Waals surface area contributed by atoms with Crippen molar-refractivity contribution in [2.75, 3.05) is 13.6 Å². The largest absolute Gasteiger partial charge is 0.454 e. The molecule has 10 nitrogen and oxygen atoms in total. The zero-order valence-corrected chi connectivity index (χ0v) is 19.3. The molecule has 0 saturated heterocycles. The van der Waals surface area contributed by atoms with E-state index in [4.69, 9.17) is 18.9 Å². The standard InChI is InChI=1S/C24H19N3O7S/c1-13-22(29)26(9-15-3-5-17-19(7-15)34-12-32-17)24(30)27-10-20(35-23(13)27)21(28)25-8-14-2-4-16-18(6-14)33-11-31-16/h2-7,10H,8-9,11-12H2,1H3,(H,25,28). The van der Waals surface area contributed by atoms with Crippen molar-refractivity contribution >= 4 is 22.1 Å². The fourth-order valence-electron chi connectivity index (χ4n) is 4.05. The molecule has 0 atom stereocenters. The number of amides is 1. The Kier molecular flexibility index (Phi) is 4.99. The molecule has 0 fully saturated rings. The summed E-state index contributed by atoms with van der Waals surface area (Å²) in [4.78, 5) is 39.8. The molecule has 6 rings (SSSR count). The first-order valence-corrected chi connectivity index (χ1v) is 11.6. The van der Waals surface area contributed by atoms with E-state index in [9.17, 15) is 14.4 Å². The highest BCUT2D eigenvalue weighted by molar-refractivity contribution is 7.19. The van der Waals surface area contributed by atoms with Gasteiger partial charge in [-0.25, -0.2) is 4.79 Å². The maximum Gasteiger partial charge on any atom is 0.336 e. The number of thiazole rings is 1. The maximum absolute atomic E-state index is 13.2. The third kappa shape index (κ3) is 3.69. The number of hydrogen-bond acceptors (Lipinski definition) is 8. The Morgan fingerprint density at radius 3 is 2.29 bits per heavy atom. The number of carbonyl (C=O) groups is 1. The van der Waals surface area contributed by atoms with E-state index in [0.29, 0.717) is 38.3 Å². The Labute approximate surface area is 201 Å². The number of nitrogens with one attached hydrogen (secondary N) is 1. The van der Waals surface area contributed by atoms with Crippen molar-refractivity contribution in [3.05, 3.63) is 85.0 Å². The first kappa shape index (κ1) is 21.3. The molecule has 0 unspecified atom stereocenters. The summed E-state index contributed by atoms with van der Waals surface area (Å²) in [6, 6.07) is 10.7. The highest BCUT2D eigenvalue weighted by Crippen LogP contribution is 2.33.